The van der Waals surface area contributed by atoms with E-state index in [1.54, 1.807) is 12.1 Å². The van der Waals surface area contributed by atoms with Gasteiger partial charge in [-0.3, -0.25) is 19.7 Å². The second-order valence-corrected chi connectivity index (χ2v) is 5.37. The quantitative estimate of drug-likeness (QED) is 0.353. The summed E-state index contributed by atoms with van der Waals surface area (Å²) in [6, 6.07) is 6.95. The molecule has 2 rings (SSSR count). The van der Waals surface area contributed by atoms with E-state index >= 15 is 0 Å². The summed E-state index contributed by atoms with van der Waals surface area (Å²) in [7, 11) is 0. The molecule has 22 heavy (non-hydrogen) atoms. The summed E-state index contributed by atoms with van der Waals surface area (Å²) >= 11 is 1.08. The fraction of sp³-hybridized carbons (Fsp3) is 0.154. The summed E-state index contributed by atoms with van der Waals surface area (Å²) < 4.78 is 0. The van der Waals surface area contributed by atoms with E-state index in [0.717, 1.165) is 17.8 Å². The number of nitrogens with zero attached hydrogens (tertiary/aromatic N) is 2. The number of hydrogen-bond donors (Lipinski definition) is 2. The molecule has 0 fully saturated rings. The molecule has 0 spiro atoms. The molecule has 114 valence electrons. The van der Waals surface area contributed by atoms with Gasteiger partial charge in [-0.2, -0.15) is 0 Å². The summed E-state index contributed by atoms with van der Waals surface area (Å²) in [5.74, 6) is 0.113. The topological polar surface area (TPSA) is 132 Å². The van der Waals surface area contributed by atoms with Crippen molar-refractivity contribution in [1.82, 2.24) is 9.97 Å². The maximum atomic E-state index is 11.9. The lowest BCUT2D eigenvalue weighted by atomic mass is 10.1. The van der Waals surface area contributed by atoms with Crippen LogP contribution in [0.25, 0.3) is 0 Å². The van der Waals surface area contributed by atoms with Crippen LogP contribution in [0, 0.1) is 10.1 Å². The average molecular weight is 320 g/mol. The zero-order valence-electron chi connectivity index (χ0n) is 11.3. The number of aromatic amines is 1. The molecule has 1 aromatic heterocycles. The number of thioether (sulfide) groups is 1. The summed E-state index contributed by atoms with van der Waals surface area (Å²) in [5, 5.41) is 10.8. The Morgan fingerprint density at radius 1 is 1.36 bits per heavy atom. The number of Topliss-reactive ketones (excluding diaryl/α,β-unsaturated/α-hetero) is 1. The van der Waals surface area contributed by atoms with Crippen LogP contribution in [0.3, 0.4) is 0 Å². The van der Waals surface area contributed by atoms with Crippen LogP contribution in [-0.4, -0.2) is 26.4 Å². The van der Waals surface area contributed by atoms with Gasteiger partial charge >= 0.3 is 0 Å². The molecule has 0 aliphatic heterocycles. The van der Waals surface area contributed by atoms with Gasteiger partial charge < -0.3 is 10.7 Å². The fourth-order valence-electron chi connectivity index (χ4n) is 1.68. The van der Waals surface area contributed by atoms with Crippen LogP contribution in [0.1, 0.15) is 5.56 Å². The first-order valence-corrected chi connectivity index (χ1v) is 7.17. The smallest absolute Gasteiger partial charge is 0.269 e. The fourth-order valence-corrected chi connectivity index (χ4v) is 2.43. The second kappa shape index (κ2) is 6.85. The van der Waals surface area contributed by atoms with Crippen LogP contribution in [0.4, 0.5) is 11.5 Å². The van der Waals surface area contributed by atoms with E-state index in [1.807, 2.05) is 0 Å². The van der Waals surface area contributed by atoms with Gasteiger partial charge in [-0.1, -0.05) is 23.9 Å². The SMILES string of the molecule is Nc1cc(=O)[nH]c(SCC(=O)Cc2ccc([N+](=O)[O-])cc2)n1. The van der Waals surface area contributed by atoms with Crippen LogP contribution >= 0.6 is 11.8 Å². The second-order valence-electron chi connectivity index (χ2n) is 4.40. The van der Waals surface area contributed by atoms with Crippen molar-refractivity contribution in [3.63, 3.8) is 0 Å². The van der Waals surface area contributed by atoms with Gasteiger partial charge in [0.05, 0.1) is 10.7 Å². The number of carbonyl (C=O) groups is 1. The maximum absolute atomic E-state index is 11.9. The van der Waals surface area contributed by atoms with Gasteiger partial charge in [0, 0.05) is 24.6 Å². The van der Waals surface area contributed by atoms with Gasteiger partial charge in [-0.15, -0.1) is 0 Å². The lowest BCUT2D eigenvalue weighted by molar-refractivity contribution is -0.384. The number of nitro groups is 1. The molecule has 0 bridgehead atoms. The van der Waals surface area contributed by atoms with Gasteiger partial charge in [-0.05, 0) is 5.56 Å². The summed E-state index contributed by atoms with van der Waals surface area (Å²) in [4.78, 5) is 39.5. The van der Waals surface area contributed by atoms with Crippen molar-refractivity contribution in [1.29, 1.82) is 0 Å². The number of hydrogen-bond acceptors (Lipinski definition) is 7. The molecule has 8 nitrogen and oxygen atoms in total. The molecule has 0 amide bonds. The standard InChI is InChI=1S/C13H12N4O4S/c14-11-6-12(19)16-13(15-11)22-7-10(18)5-8-1-3-9(4-2-8)17(20)21/h1-4,6H,5,7H2,(H3,14,15,16,19). The number of aromatic nitrogens is 2. The number of anilines is 1. The van der Waals surface area contributed by atoms with E-state index in [9.17, 15) is 19.7 Å². The third kappa shape index (κ3) is 4.42. The van der Waals surface area contributed by atoms with E-state index in [1.165, 1.54) is 12.1 Å². The minimum Gasteiger partial charge on any atom is -0.383 e. The number of non-ortho nitro benzene ring substituents is 1. The number of nitrogens with two attached hydrogens (primary N) is 1. The number of rotatable bonds is 6. The molecule has 0 aliphatic rings. The Kier molecular flexibility index (Phi) is 4.89. The minimum atomic E-state index is -0.497. The largest absolute Gasteiger partial charge is 0.383 e. The third-order valence-corrected chi connectivity index (χ3v) is 3.59. The molecule has 0 radical (unpaired) electrons. The monoisotopic (exact) mass is 320 g/mol. The number of H-pyrrole nitrogens is 1. The summed E-state index contributed by atoms with van der Waals surface area (Å²) in [6.45, 7) is 0. The molecular weight excluding hydrogens is 308 g/mol. The van der Waals surface area contributed by atoms with Crippen LogP contribution in [-0.2, 0) is 11.2 Å². The summed E-state index contributed by atoms with van der Waals surface area (Å²) in [5.41, 5.74) is 5.73. The van der Waals surface area contributed by atoms with E-state index in [-0.39, 0.29) is 40.2 Å². The molecule has 1 heterocycles. The molecule has 0 atom stereocenters. The highest BCUT2D eigenvalue weighted by Gasteiger charge is 2.09. The van der Waals surface area contributed by atoms with Crippen LogP contribution in [0.15, 0.2) is 40.3 Å². The van der Waals surface area contributed by atoms with E-state index in [4.69, 9.17) is 5.73 Å². The predicted octanol–water partition coefficient (Wildman–Crippen LogP) is 1.16. The molecule has 9 heteroatoms. The minimum absolute atomic E-state index is 0.0212. The lowest BCUT2D eigenvalue weighted by Crippen LogP contribution is -2.11. The normalized spacial score (nSPS) is 10.4. The van der Waals surface area contributed by atoms with E-state index < -0.39 is 4.92 Å². The first kappa shape index (κ1) is 15.7. The van der Waals surface area contributed by atoms with Crippen LogP contribution in [0.5, 0.6) is 0 Å². The van der Waals surface area contributed by atoms with Crippen molar-refractivity contribution in [2.24, 2.45) is 0 Å². The van der Waals surface area contributed by atoms with Crippen molar-refractivity contribution in [3.05, 3.63) is 56.4 Å². The first-order valence-electron chi connectivity index (χ1n) is 6.19. The highest BCUT2D eigenvalue weighted by atomic mass is 32.2. The van der Waals surface area contributed by atoms with Crippen molar-refractivity contribution in [3.8, 4) is 0 Å². The Labute approximate surface area is 128 Å². The number of nitro benzene ring substituents is 1. The Bertz CT molecular complexity index is 757. The Morgan fingerprint density at radius 2 is 2.05 bits per heavy atom. The molecule has 0 saturated carbocycles. The lowest BCUT2D eigenvalue weighted by Gasteiger charge is -2.02. The third-order valence-electron chi connectivity index (χ3n) is 2.66. The van der Waals surface area contributed by atoms with Gasteiger partial charge in [0.15, 0.2) is 5.16 Å². The van der Waals surface area contributed by atoms with Gasteiger partial charge in [0.2, 0.25) is 0 Å². The highest BCUT2D eigenvalue weighted by molar-refractivity contribution is 7.99. The number of ketones is 1. The van der Waals surface area contributed by atoms with Crippen molar-refractivity contribution < 1.29 is 9.72 Å². The molecule has 0 unspecified atom stereocenters. The number of nitrogen functional groups attached to an aromatic ring is 1. The van der Waals surface area contributed by atoms with Crippen LogP contribution < -0.4 is 11.3 Å². The van der Waals surface area contributed by atoms with Crippen molar-refractivity contribution in [2.75, 3.05) is 11.5 Å². The summed E-state index contributed by atoms with van der Waals surface area (Å²) in [6.07, 6.45) is 0.150. The predicted molar refractivity (Wildman–Crippen MR) is 81.8 cm³/mol. The number of nitrogens with one attached hydrogen (secondary N) is 1. The molecule has 0 aliphatic carbocycles. The zero-order chi connectivity index (χ0) is 16.1. The van der Waals surface area contributed by atoms with Crippen LogP contribution in [0.2, 0.25) is 0 Å². The first-order chi connectivity index (χ1) is 10.4. The Hall–Kier alpha value is -2.68. The van der Waals surface area contributed by atoms with Gasteiger partial charge in [-0.25, -0.2) is 4.98 Å². The highest BCUT2D eigenvalue weighted by Crippen LogP contribution is 2.15. The average Bonchev–Trinajstić information content (AvgIpc) is 2.45. The zero-order valence-corrected chi connectivity index (χ0v) is 12.1. The Balaban J connectivity index is 1.92. The van der Waals surface area contributed by atoms with E-state index in [2.05, 4.69) is 9.97 Å². The van der Waals surface area contributed by atoms with Crippen molar-refractivity contribution >= 4 is 29.1 Å². The van der Waals surface area contributed by atoms with Gasteiger partial charge in [0.25, 0.3) is 11.2 Å². The van der Waals surface area contributed by atoms with Gasteiger partial charge in [0.1, 0.15) is 11.6 Å². The molecule has 2 aromatic rings. The molecule has 1 aromatic carbocycles. The maximum Gasteiger partial charge on any atom is 0.269 e. The molecule has 0 saturated heterocycles. The number of benzene rings is 1. The number of carbonyl (C=O) groups excluding carboxylic acids is 1. The molecular formula is C13H12N4O4S. The Morgan fingerprint density at radius 3 is 2.64 bits per heavy atom. The van der Waals surface area contributed by atoms with Crippen molar-refractivity contribution in [2.45, 2.75) is 11.6 Å². The van der Waals surface area contributed by atoms with E-state index in [0.29, 0.717) is 5.56 Å². The molecule has 3 N–H and O–H groups in total.